The van der Waals surface area contributed by atoms with Gasteiger partial charge in [-0.2, -0.15) is 0 Å². The Kier molecular flexibility index (Phi) is 4.80. The fraction of sp³-hybridized carbons (Fsp3) is 0.0526. The molecule has 126 valence electrons. The average molecular weight is 335 g/mol. The van der Waals surface area contributed by atoms with Crippen molar-refractivity contribution in [2.75, 3.05) is 10.6 Å². The van der Waals surface area contributed by atoms with Gasteiger partial charge in [-0.05, 0) is 54.1 Å². The lowest BCUT2D eigenvalue weighted by Gasteiger charge is -2.09. The molecule has 0 unspecified atom stereocenters. The van der Waals surface area contributed by atoms with Gasteiger partial charge in [-0.15, -0.1) is 0 Å². The maximum atomic E-state index is 12.0. The summed E-state index contributed by atoms with van der Waals surface area (Å²) in [7, 11) is 0. The van der Waals surface area contributed by atoms with E-state index in [-0.39, 0.29) is 12.5 Å². The largest absolute Gasteiger partial charge is 0.481 e. The summed E-state index contributed by atoms with van der Waals surface area (Å²) < 4.78 is 1.97. The van der Waals surface area contributed by atoms with Crippen molar-refractivity contribution in [2.24, 2.45) is 0 Å². The van der Waals surface area contributed by atoms with Gasteiger partial charge in [0.1, 0.15) is 0 Å². The van der Waals surface area contributed by atoms with Crippen molar-refractivity contribution < 1.29 is 14.7 Å². The standard InChI is InChI=1S/C19H17N3O3/c23-18(24)13-14-3-5-15(6-4-14)20-19(25)21-16-7-9-17(10-8-16)22-11-1-2-12-22/h1-12H,13H2,(H,23,24)(H2,20,21,25). The number of carbonyl (C=O) groups excluding carboxylic acids is 1. The number of aliphatic carboxylic acids is 1. The smallest absolute Gasteiger partial charge is 0.323 e. The fourth-order valence-corrected chi connectivity index (χ4v) is 2.40. The Labute approximate surface area is 144 Å². The van der Waals surface area contributed by atoms with Crippen LogP contribution in [0.25, 0.3) is 5.69 Å². The first-order valence-corrected chi connectivity index (χ1v) is 7.72. The average Bonchev–Trinajstić information content (AvgIpc) is 3.11. The molecule has 0 radical (unpaired) electrons. The first-order chi connectivity index (χ1) is 12.1. The molecule has 0 aliphatic rings. The molecule has 3 aromatic rings. The van der Waals surface area contributed by atoms with Crippen LogP contribution in [0.1, 0.15) is 5.56 Å². The van der Waals surface area contributed by atoms with Crippen molar-refractivity contribution in [2.45, 2.75) is 6.42 Å². The van der Waals surface area contributed by atoms with Gasteiger partial charge < -0.3 is 20.3 Å². The van der Waals surface area contributed by atoms with Crippen molar-refractivity contribution >= 4 is 23.4 Å². The minimum atomic E-state index is -0.887. The minimum Gasteiger partial charge on any atom is -0.481 e. The Morgan fingerprint density at radius 1 is 0.840 bits per heavy atom. The van der Waals surface area contributed by atoms with Gasteiger partial charge >= 0.3 is 12.0 Å². The van der Waals surface area contributed by atoms with E-state index in [4.69, 9.17) is 5.11 Å². The van der Waals surface area contributed by atoms with Gasteiger partial charge in [0.15, 0.2) is 0 Å². The number of anilines is 2. The molecule has 0 aliphatic carbocycles. The van der Waals surface area contributed by atoms with E-state index in [0.717, 1.165) is 5.69 Å². The summed E-state index contributed by atoms with van der Waals surface area (Å²) in [6.07, 6.45) is 3.85. The van der Waals surface area contributed by atoms with Crippen molar-refractivity contribution in [1.29, 1.82) is 0 Å². The highest BCUT2D eigenvalue weighted by Crippen LogP contribution is 2.15. The van der Waals surface area contributed by atoms with Crippen LogP contribution in [-0.4, -0.2) is 21.7 Å². The molecule has 0 bridgehead atoms. The molecule has 0 aliphatic heterocycles. The molecule has 6 nitrogen and oxygen atoms in total. The number of carboxylic acids is 1. The molecule has 25 heavy (non-hydrogen) atoms. The predicted octanol–water partition coefficient (Wildman–Crippen LogP) is 3.75. The van der Waals surface area contributed by atoms with E-state index < -0.39 is 5.97 Å². The highest BCUT2D eigenvalue weighted by Gasteiger charge is 2.05. The topological polar surface area (TPSA) is 83.4 Å². The number of urea groups is 1. The number of benzene rings is 2. The lowest BCUT2D eigenvalue weighted by Crippen LogP contribution is -2.19. The third-order valence-electron chi connectivity index (χ3n) is 3.59. The van der Waals surface area contributed by atoms with E-state index >= 15 is 0 Å². The Bertz CT molecular complexity index is 854. The van der Waals surface area contributed by atoms with Crippen LogP contribution in [-0.2, 0) is 11.2 Å². The summed E-state index contributed by atoms with van der Waals surface area (Å²) in [6.45, 7) is 0. The third kappa shape index (κ3) is 4.48. The van der Waals surface area contributed by atoms with Gasteiger partial charge in [-0.25, -0.2) is 4.79 Å². The third-order valence-corrected chi connectivity index (χ3v) is 3.59. The molecule has 2 aromatic carbocycles. The maximum absolute atomic E-state index is 12.0. The summed E-state index contributed by atoms with van der Waals surface area (Å²) in [6, 6.07) is 17.7. The van der Waals surface area contributed by atoms with Gasteiger partial charge in [0.25, 0.3) is 0 Å². The minimum absolute atomic E-state index is 0.0414. The van der Waals surface area contributed by atoms with E-state index in [0.29, 0.717) is 16.9 Å². The molecule has 0 saturated carbocycles. The molecule has 1 heterocycles. The molecular formula is C19H17N3O3. The quantitative estimate of drug-likeness (QED) is 0.664. The highest BCUT2D eigenvalue weighted by atomic mass is 16.4. The van der Waals surface area contributed by atoms with E-state index in [2.05, 4.69) is 10.6 Å². The second kappa shape index (κ2) is 7.35. The van der Waals surface area contributed by atoms with Crippen LogP contribution < -0.4 is 10.6 Å². The summed E-state index contributed by atoms with van der Waals surface area (Å²) in [5.74, 6) is -0.887. The van der Waals surface area contributed by atoms with Crippen LogP contribution in [0.2, 0.25) is 0 Å². The number of amides is 2. The van der Waals surface area contributed by atoms with Crippen LogP contribution in [0.3, 0.4) is 0 Å². The summed E-state index contributed by atoms with van der Waals surface area (Å²) in [5, 5.41) is 14.2. The molecule has 1 aromatic heterocycles. The monoisotopic (exact) mass is 335 g/mol. The molecule has 0 saturated heterocycles. The summed E-state index contributed by atoms with van der Waals surface area (Å²) >= 11 is 0. The first-order valence-electron chi connectivity index (χ1n) is 7.72. The van der Waals surface area contributed by atoms with E-state index in [1.165, 1.54) is 0 Å². The molecule has 0 fully saturated rings. The molecular weight excluding hydrogens is 318 g/mol. The molecule has 0 spiro atoms. The van der Waals surface area contributed by atoms with Gasteiger partial charge in [0, 0.05) is 29.5 Å². The molecule has 0 atom stereocenters. The first kappa shape index (κ1) is 16.3. The van der Waals surface area contributed by atoms with Crippen LogP contribution in [0.4, 0.5) is 16.2 Å². The van der Waals surface area contributed by atoms with Crippen LogP contribution in [0, 0.1) is 0 Å². The second-order valence-corrected chi connectivity index (χ2v) is 5.48. The number of carbonyl (C=O) groups is 2. The SMILES string of the molecule is O=C(O)Cc1ccc(NC(=O)Nc2ccc(-n3cccc3)cc2)cc1. The zero-order valence-corrected chi connectivity index (χ0v) is 13.3. The Hall–Kier alpha value is -3.54. The highest BCUT2D eigenvalue weighted by molar-refractivity contribution is 5.99. The van der Waals surface area contributed by atoms with Gasteiger partial charge in [0.05, 0.1) is 6.42 Å². The lowest BCUT2D eigenvalue weighted by atomic mass is 10.1. The molecule has 2 amide bonds. The zero-order chi connectivity index (χ0) is 17.6. The predicted molar refractivity (Wildman–Crippen MR) is 96.2 cm³/mol. The number of nitrogens with zero attached hydrogens (tertiary/aromatic N) is 1. The molecule has 6 heteroatoms. The van der Waals surface area contributed by atoms with Gasteiger partial charge in [-0.1, -0.05) is 12.1 Å². The fourth-order valence-electron chi connectivity index (χ4n) is 2.40. The van der Waals surface area contributed by atoms with E-state index in [9.17, 15) is 9.59 Å². The van der Waals surface area contributed by atoms with Gasteiger partial charge in [0.2, 0.25) is 0 Å². The summed E-state index contributed by atoms with van der Waals surface area (Å²) in [4.78, 5) is 22.7. The van der Waals surface area contributed by atoms with Crippen molar-refractivity contribution in [3.05, 3.63) is 78.6 Å². The number of hydrogen-bond acceptors (Lipinski definition) is 2. The van der Waals surface area contributed by atoms with Crippen LogP contribution in [0.5, 0.6) is 0 Å². The Morgan fingerprint density at radius 3 is 1.88 bits per heavy atom. The molecule has 3 N–H and O–H groups in total. The van der Waals surface area contributed by atoms with Crippen LogP contribution in [0.15, 0.2) is 73.1 Å². The van der Waals surface area contributed by atoms with E-state index in [1.807, 2.05) is 53.4 Å². The summed E-state index contributed by atoms with van der Waals surface area (Å²) in [5.41, 5.74) is 2.95. The Morgan fingerprint density at radius 2 is 1.36 bits per heavy atom. The van der Waals surface area contributed by atoms with Crippen LogP contribution >= 0.6 is 0 Å². The zero-order valence-electron chi connectivity index (χ0n) is 13.3. The number of hydrogen-bond donors (Lipinski definition) is 3. The number of rotatable bonds is 5. The van der Waals surface area contributed by atoms with Crippen molar-refractivity contribution in [3.63, 3.8) is 0 Å². The second-order valence-electron chi connectivity index (χ2n) is 5.48. The lowest BCUT2D eigenvalue weighted by molar-refractivity contribution is -0.136. The van der Waals surface area contributed by atoms with Crippen molar-refractivity contribution in [3.8, 4) is 5.69 Å². The van der Waals surface area contributed by atoms with E-state index in [1.54, 1.807) is 24.3 Å². The normalized spacial score (nSPS) is 10.2. The number of aromatic nitrogens is 1. The maximum Gasteiger partial charge on any atom is 0.323 e. The van der Waals surface area contributed by atoms with Gasteiger partial charge in [-0.3, -0.25) is 4.79 Å². The Balaban J connectivity index is 1.58. The molecule has 3 rings (SSSR count). The van der Waals surface area contributed by atoms with Crippen molar-refractivity contribution in [1.82, 2.24) is 4.57 Å². The number of nitrogens with one attached hydrogen (secondary N) is 2. The number of carboxylic acid groups (broad SMARTS) is 1.